The van der Waals surface area contributed by atoms with Gasteiger partial charge < -0.3 is 5.32 Å². The van der Waals surface area contributed by atoms with Crippen LogP contribution in [0.5, 0.6) is 0 Å². The van der Waals surface area contributed by atoms with E-state index in [1.54, 1.807) is 0 Å². The topological polar surface area (TPSA) is 29.1 Å². The van der Waals surface area contributed by atoms with Crippen molar-refractivity contribution in [3.8, 4) is 0 Å². The van der Waals surface area contributed by atoms with E-state index in [9.17, 15) is 4.79 Å². The fourth-order valence-corrected chi connectivity index (χ4v) is 2.50. The summed E-state index contributed by atoms with van der Waals surface area (Å²) < 4.78 is 0. The first kappa shape index (κ1) is 12.6. The average molecular weight is 296 g/mol. The van der Waals surface area contributed by atoms with E-state index >= 15 is 0 Å². The number of aryl methyl sites for hydroxylation is 1. The van der Waals surface area contributed by atoms with Gasteiger partial charge >= 0.3 is 0 Å². The van der Waals surface area contributed by atoms with E-state index in [2.05, 4.69) is 28.2 Å². The SMILES string of the molecule is CCc1ccc(C(=O)NCC(Br)C2CC2)cc1. The van der Waals surface area contributed by atoms with Crippen molar-refractivity contribution in [2.75, 3.05) is 6.54 Å². The second-order valence-corrected chi connectivity index (χ2v) is 5.79. The summed E-state index contributed by atoms with van der Waals surface area (Å²) in [4.78, 5) is 12.3. The van der Waals surface area contributed by atoms with Gasteiger partial charge in [0.25, 0.3) is 5.91 Å². The molecule has 2 rings (SSSR count). The Hall–Kier alpha value is -0.830. The molecule has 1 atom stereocenters. The van der Waals surface area contributed by atoms with Crippen LogP contribution in [0, 0.1) is 5.92 Å². The molecule has 1 unspecified atom stereocenters. The maximum absolute atomic E-state index is 11.9. The quantitative estimate of drug-likeness (QED) is 0.831. The van der Waals surface area contributed by atoms with Crippen molar-refractivity contribution >= 4 is 21.8 Å². The lowest BCUT2D eigenvalue weighted by molar-refractivity contribution is 0.0953. The minimum Gasteiger partial charge on any atom is -0.351 e. The molecule has 1 saturated carbocycles. The third kappa shape index (κ3) is 3.56. The van der Waals surface area contributed by atoms with Gasteiger partial charge in [0.05, 0.1) is 0 Å². The molecule has 3 heteroatoms. The number of alkyl halides is 1. The molecule has 0 bridgehead atoms. The number of rotatable bonds is 5. The third-order valence-electron chi connectivity index (χ3n) is 3.22. The number of nitrogens with one attached hydrogen (secondary N) is 1. The Labute approximate surface area is 111 Å². The zero-order chi connectivity index (χ0) is 12.3. The van der Waals surface area contributed by atoms with Crippen LogP contribution < -0.4 is 5.32 Å². The van der Waals surface area contributed by atoms with Crippen LogP contribution in [0.4, 0.5) is 0 Å². The minimum atomic E-state index is 0.0257. The molecule has 1 aliphatic rings. The lowest BCUT2D eigenvalue weighted by atomic mass is 10.1. The lowest BCUT2D eigenvalue weighted by Crippen LogP contribution is -2.30. The van der Waals surface area contributed by atoms with Crippen molar-refractivity contribution in [3.63, 3.8) is 0 Å². The first-order valence-electron chi connectivity index (χ1n) is 6.22. The highest BCUT2D eigenvalue weighted by Gasteiger charge is 2.29. The predicted molar refractivity (Wildman–Crippen MR) is 73.6 cm³/mol. The Balaban J connectivity index is 1.85. The molecule has 0 aliphatic heterocycles. The molecule has 0 spiro atoms. The van der Waals surface area contributed by atoms with Gasteiger partial charge in [-0.05, 0) is 42.9 Å². The van der Waals surface area contributed by atoms with Crippen LogP contribution in [0.1, 0.15) is 35.7 Å². The molecule has 1 amide bonds. The smallest absolute Gasteiger partial charge is 0.251 e. The Morgan fingerprint density at radius 2 is 2.06 bits per heavy atom. The minimum absolute atomic E-state index is 0.0257. The van der Waals surface area contributed by atoms with E-state index in [0.717, 1.165) is 24.4 Å². The van der Waals surface area contributed by atoms with E-state index in [0.29, 0.717) is 4.83 Å². The fourth-order valence-electron chi connectivity index (χ4n) is 1.81. The summed E-state index contributed by atoms with van der Waals surface area (Å²) in [7, 11) is 0. The Morgan fingerprint density at radius 3 is 2.59 bits per heavy atom. The summed E-state index contributed by atoms with van der Waals surface area (Å²) in [5.41, 5.74) is 2.01. The van der Waals surface area contributed by atoms with Crippen molar-refractivity contribution in [2.24, 2.45) is 5.92 Å². The van der Waals surface area contributed by atoms with Crippen LogP contribution in [0.2, 0.25) is 0 Å². The van der Waals surface area contributed by atoms with Crippen molar-refractivity contribution in [1.29, 1.82) is 0 Å². The molecule has 1 aliphatic carbocycles. The van der Waals surface area contributed by atoms with E-state index in [1.165, 1.54) is 18.4 Å². The molecular formula is C14H18BrNO. The molecule has 0 saturated heterocycles. The van der Waals surface area contributed by atoms with Crippen molar-refractivity contribution in [1.82, 2.24) is 5.32 Å². The summed E-state index contributed by atoms with van der Waals surface area (Å²) in [5.74, 6) is 0.788. The zero-order valence-electron chi connectivity index (χ0n) is 10.1. The number of halogens is 1. The van der Waals surface area contributed by atoms with E-state index < -0.39 is 0 Å². The Morgan fingerprint density at radius 1 is 1.41 bits per heavy atom. The number of carbonyl (C=O) groups is 1. The molecule has 1 aromatic rings. The first-order valence-corrected chi connectivity index (χ1v) is 7.13. The maximum atomic E-state index is 11.9. The monoisotopic (exact) mass is 295 g/mol. The molecule has 17 heavy (non-hydrogen) atoms. The van der Waals surface area contributed by atoms with E-state index in [-0.39, 0.29) is 5.91 Å². The number of amides is 1. The van der Waals surface area contributed by atoms with Crippen molar-refractivity contribution in [3.05, 3.63) is 35.4 Å². The average Bonchev–Trinajstić information content (AvgIpc) is 3.20. The van der Waals surface area contributed by atoms with Crippen molar-refractivity contribution < 1.29 is 4.79 Å². The van der Waals surface area contributed by atoms with E-state index in [4.69, 9.17) is 0 Å². The van der Waals surface area contributed by atoms with Crippen molar-refractivity contribution in [2.45, 2.75) is 31.0 Å². The van der Waals surface area contributed by atoms with Crippen LogP contribution in [0.25, 0.3) is 0 Å². The summed E-state index contributed by atoms with van der Waals surface area (Å²) in [6, 6.07) is 7.83. The molecular weight excluding hydrogens is 278 g/mol. The number of hydrogen-bond acceptors (Lipinski definition) is 1. The van der Waals surface area contributed by atoms with Gasteiger partial charge in [0, 0.05) is 16.9 Å². The van der Waals surface area contributed by atoms with Gasteiger partial charge in [0.15, 0.2) is 0 Å². The van der Waals surface area contributed by atoms with Gasteiger partial charge in [-0.1, -0.05) is 35.0 Å². The largest absolute Gasteiger partial charge is 0.351 e. The number of carbonyl (C=O) groups excluding carboxylic acids is 1. The van der Waals surface area contributed by atoms with Crippen LogP contribution in [0.3, 0.4) is 0 Å². The van der Waals surface area contributed by atoms with Gasteiger partial charge in [0.1, 0.15) is 0 Å². The van der Waals surface area contributed by atoms with Gasteiger partial charge in [0.2, 0.25) is 0 Å². The summed E-state index contributed by atoms with van der Waals surface area (Å²) >= 11 is 3.61. The lowest BCUT2D eigenvalue weighted by Gasteiger charge is -2.10. The maximum Gasteiger partial charge on any atom is 0.251 e. The highest BCUT2D eigenvalue weighted by molar-refractivity contribution is 9.09. The fraction of sp³-hybridized carbons (Fsp3) is 0.500. The second kappa shape index (κ2) is 5.67. The summed E-state index contributed by atoms with van der Waals surface area (Å²) in [6.07, 6.45) is 3.58. The molecule has 0 heterocycles. The summed E-state index contributed by atoms with van der Waals surface area (Å²) in [5, 5.41) is 2.97. The van der Waals surface area contributed by atoms with Gasteiger partial charge in [-0.15, -0.1) is 0 Å². The molecule has 92 valence electrons. The predicted octanol–water partition coefficient (Wildman–Crippen LogP) is 3.15. The van der Waals surface area contributed by atoms with Crippen LogP contribution in [-0.2, 0) is 6.42 Å². The highest BCUT2D eigenvalue weighted by Crippen LogP contribution is 2.36. The van der Waals surface area contributed by atoms with Crippen LogP contribution >= 0.6 is 15.9 Å². The van der Waals surface area contributed by atoms with Gasteiger partial charge in [-0.3, -0.25) is 4.79 Å². The van der Waals surface area contributed by atoms with Crippen LogP contribution in [-0.4, -0.2) is 17.3 Å². The molecule has 1 aromatic carbocycles. The molecule has 0 aromatic heterocycles. The summed E-state index contributed by atoms with van der Waals surface area (Å²) in [6.45, 7) is 2.83. The number of benzene rings is 1. The molecule has 1 fully saturated rings. The normalized spacial score (nSPS) is 16.6. The number of hydrogen-bond donors (Lipinski definition) is 1. The molecule has 0 radical (unpaired) electrons. The standard InChI is InChI=1S/C14H18BrNO/c1-2-10-3-5-12(6-4-10)14(17)16-9-13(15)11-7-8-11/h3-6,11,13H,2,7-9H2,1H3,(H,16,17). The second-order valence-electron chi connectivity index (χ2n) is 4.61. The highest BCUT2D eigenvalue weighted by atomic mass is 79.9. The first-order chi connectivity index (χ1) is 8.20. The third-order valence-corrected chi connectivity index (χ3v) is 4.29. The molecule has 2 nitrogen and oxygen atoms in total. The van der Waals surface area contributed by atoms with Gasteiger partial charge in [-0.2, -0.15) is 0 Å². The van der Waals surface area contributed by atoms with E-state index in [1.807, 2.05) is 24.3 Å². The Bertz CT molecular complexity index is 384. The molecule has 1 N–H and O–H groups in total. The van der Waals surface area contributed by atoms with Gasteiger partial charge in [-0.25, -0.2) is 0 Å². The Kier molecular flexibility index (Phi) is 4.21. The van der Waals surface area contributed by atoms with Crippen LogP contribution in [0.15, 0.2) is 24.3 Å². The zero-order valence-corrected chi connectivity index (χ0v) is 11.7.